The Morgan fingerprint density at radius 3 is 2.61 bits per heavy atom. The van der Waals surface area contributed by atoms with Gasteiger partial charge in [-0.25, -0.2) is 4.79 Å². The highest BCUT2D eigenvalue weighted by Gasteiger charge is 2.15. The standard InChI is InChI=1S/C18H26N4O/c1-6-13(3)19-18(23)20-17-14(4)21-22(15(17)5)11-16-10-8-7-9-12(16)2/h7-10,13H,6,11H2,1-5H3,(H2,19,20,23)/t13-/m0/s1. The van der Waals surface area contributed by atoms with Crippen LogP contribution in [0.5, 0.6) is 0 Å². The van der Waals surface area contributed by atoms with Crippen LogP contribution in [0.4, 0.5) is 10.5 Å². The van der Waals surface area contributed by atoms with Gasteiger partial charge in [-0.15, -0.1) is 0 Å². The van der Waals surface area contributed by atoms with E-state index in [1.807, 2.05) is 44.5 Å². The van der Waals surface area contributed by atoms with Crippen LogP contribution >= 0.6 is 0 Å². The van der Waals surface area contributed by atoms with Crippen molar-refractivity contribution in [3.8, 4) is 0 Å². The molecule has 2 N–H and O–H groups in total. The van der Waals surface area contributed by atoms with E-state index >= 15 is 0 Å². The quantitative estimate of drug-likeness (QED) is 0.882. The Morgan fingerprint density at radius 1 is 1.26 bits per heavy atom. The third kappa shape index (κ3) is 4.12. The van der Waals surface area contributed by atoms with Crippen LogP contribution in [0.1, 0.15) is 42.8 Å². The van der Waals surface area contributed by atoms with Crippen LogP contribution < -0.4 is 10.6 Å². The average molecular weight is 314 g/mol. The maximum Gasteiger partial charge on any atom is 0.319 e. The summed E-state index contributed by atoms with van der Waals surface area (Å²) >= 11 is 0. The highest BCUT2D eigenvalue weighted by molar-refractivity contribution is 5.90. The minimum atomic E-state index is -0.180. The monoisotopic (exact) mass is 314 g/mol. The topological polar surface area (TPSA) is 59.0 Å². The largest absolute Gasteiger partial charge is 0.335 e. The predicted molar refractivity (Wildman–Crippen MR) is 93.9 cm³/mol. The number of benzene rings is 1. The lowest BCUT2D eigenvalue weighted by atomic mass is 10.1. The van der Waals surface area contributed by atoms with Crippen molar-refractivity contribution < 1.29 is 4.79 Å². The fraction of sp³-hybridized carbons (Fsp3) is 0.444. The Hall–Kier alpha value is -2.30. The van der Waals surface area contributed by atoms with Gasteiger partial charge in [0.25, 0.3) is 0 Å². The number of nitrogens with one attached hydrogen (secondary N) is 2. The molecule has 0 radical (unpaired) electrons. The average Bonchev–Trinajstić information content (AvgIpc) is 2.77. The Labute approximate surface area is 138 Å². The summed E-state index contributed by atoms with van der Waals surface area (Å²) in [5, 5.41) is 10.4. The molecule has 0 spiro atoms. The lowest BCUT2D eigenvalue weighted by molar-refractivity contribution is 0.249. The Balaban J connectivity index is 2.16. The zero-order chi connectivity index (χ0) is 17.0. The van der Waals surface area contributed by atoms with Crippen molar-refractivity contribution in [2.75, 3.05) is 5.32 Å². The molecule has 0 fully saturated rings. The van der Waals surface area contributed by atoms with E-state index in [0.29, 0.717) is 6.54 Å². The molecule has 0 saturated carbocycles. The van der Waals surface area contributed by atoms with E-state index in [2.05, 4.69) is 34.8 Å². The van der Waals surface area contributed by atoms with Gasteiger partial charge >= 0.3 is 6.03 Å². The first-order chi connectivity index (χ1) is 10.9. The third-order valence-electron chi connectivity index (χ3n) is 4.19. The summed E-state index contributed by atoms with van der Waals surface area (Å²) in [4.78, 5) is 12.0. The molecule has 0 unspecified atom stereocenters. The molecule has 1 heterocycles. The number of nitrogens with zero attached hydrogens (tertiary/aromatic N) is 2. The van der Waals surface area contributed by atoms with Gasteiger partial charge in [-0.3, -0.25) is 4.68 Å². The zero-order valence-corrected chi connectivity index (χ0v) is 14.6. The summed E-state index contributed by atoms with van der Waals surface area (Å²) in [6.07, 6.45) is 0.901. The van der Waals surface area contributed by atoms with Crippen molar-refractivity contribution >= 4 is 11.7 Å². The van der Waals surface area contributed by atoms with Crippen molar-refractivity contribution in [1.29, 1.82) is 0 Å². The maximum atomic E-state index is 12.0. The summed E-state index contributed by atoms with van der Waals surface area (Å²) in [5.41, 5.74) is 5.05. The normalized spacial score (nSPS) is 12.0. The van der Waals surface area contributed by atoms with E-state index in [-0.39, 0.29) is 12.1 Å². The molecule has 23 heavy (non-hydrogen) atoms. The van der Waals surface area contributed by atoms with Crippen LogP contribution in [0.15, 0.2) is 24.3 Å². The SMILES string of the molecule is CC[C@H](C)NC(=O)Nc1c(C)nn(Cc2ccccc2C)c1C. The van der Waals surface area contributed by atoms with Gasteiger partial charge in [-0.05, 0) is 45.2 Å². The molecule has 0 aliphatic carbocycles. The fourth-order valence-corrected chi connectivity index (χ4v) is 2.46. The number of carbonyl (C=O) groups excluding carboxylic acids is 1. The minimum Gasteiger partial charge on any atom is -0.335 e. The van der Waals surface area contributed by atoms with Crippen LogP contribution in [-0.2, 0) is 6.54 Å². The van der Waals surface area contributed by atoms with E-state index in [4.69, 9.17) is 0 Å². The lowest BCUT2D eigenvalue weighted by Crippen LogP contribution is -2.35. The molecule has 5 nitrogen and oxygen atoms in total. The van der Waals surface area contributed by atoms with Gasteiger partial charge < -0.3 is 10.6 Å². The van der Waals surface area contributed by atoms with Gasteiger partial charge in [0.1, 0.15) is 0 Å². The second-order valence-electron chi connectivity index (χ2n) is 6.04. The number of carbonyl (C=O) groups is 1. The van der Waals surface area contributed by atoms with Gasteiger partial charge in [-0.2, -0.15) is 5.10 Å². The van der Waals surface area contributed by atoms with Gasteiger partial charge in [0.2, 0.25) is 0 Å². The molecule has 0 aliphatic heterocycles. The highest BCUT2D eigenvalue weighted by atomic mass is 16.2. The van der Waals surface area contributed by atoms with Crippen molar-refractivity contribution in [1.82, 2.24) is 15.1 Å². The van der Waals surface area contributed by atoms with Crippen LogP contribution in [0.2, 0.25) is 0 Å². The van der Waals surface area contributed by atoms with Gasteiger partial charge in [-0.1, -0.05) is 31.2 Å². The van der Waals surface area contributed by atoms with Crippen LogP contribution in [-0.4, -0.2) is 21.9 Å². The molecule has 0 aliphatic rings. The summed E-state index contributed by atoms with van der Waals surface area (Å²) < 4.78 is 1.94. The third-order valence-corrected chi connectivity index (χ3v) is 4.19. The Morgan fingerprint density at radius 2 is 1.96 bits per heavy atom. The molecule has 2 aromatic rings. The number of aryl methyl sites for hydroxylation is 2. The molecular weight excluding hydrogens is 288 g/mol. The van der Waals surface area contributed by atoms with Gasteiger partial charge in [0, 0.05) is 6.04 Å². The van der Waals surface area contributed by atoms with Crippen molar-refractivity contribution in [2.24, 2.45) is 0 Å². The number of anilines is 1. The van der Waals surface area contributed by atoms with E-state index < -0.39 is 0 Å². The molecule has 0 saturated heterocycles. The molecule has 0 bridgehead atoms. The van der Waals surface area contributed by atoms with E-state index in [0.717, 1.165) is 23.5 Å². The first kappa shape index (κ1) is 17.1. The maximum absolute atomic E-state index is 12.0. The second-order valence-corrected chi connectivity index (χ2v) is 6.04. The van der Waals surface area contributed by atoms with Crippen LogP contribution in [0.25, 0.3) is 0 Å². The second kappa shape index (κ2) is 7.31. The predicted octanol–water partition coefficient (Wildman–Crippen LogP) is 3.78. The number of hydrogen-bond donors (Lipinski definition) is 2. The van der Waals surface area contributed by atoms with Crippen molar-refractivity contribution in [2.45, 2.75) is 53.6 Å². The molecule has 5 heteroatoms. The number of urea groups is 1. The zero-order valence-electron chi connectivity index (χ0n) is 14.6. The highest BCUT2D eigenvalue weighted by Crippen LogP contribution is 2.21. The summed E-state index contributed by atoms with van der Waals surface area (Å²) in [6.45, 7) is 10.7. The van der Waals surface area contributed by atoms with Crippen LogP contribution in [0, 0.1) is 20.8 Å². The van der Waals surface area contributed by atoms with E-state index in [1.165, 1.54) is 11.1 Å². The van der Waals surface area contributed by atoms with Crippen LogP contribution in [0.3, 0.4) is 0 Å². The Bertz CT molecular complexity index is 690. The van der Waals surface area contributed by atoms with E-state index in [1.54, 1.807) is 0 Å². The molecule has 124 valence electrons. The molecule has 1 aromatic carbocycles. The van der Waals surface area contributed by atoms with Crippen molar-refractivity contribution in [3.05, 3.63) is 46.8 Å². The van der Waals surface area contributed by atoms with Gasteiger partial charge in [0.15, 0.2) is 0 Å². The molecule has 2 rings (SSSR count). The molecular formula is C18H26N4O. The Kier molecular flexibility index (Phi) is 5.42. The minimum absolute atomic E-state index is 0.151. The number of rotatable bonds is 5. The number of amides is 2. The summed E-state index contributed by atoms with van der Waals surface area (Å²) in [5.74, 6) is 0. The lowest BCUT2D eigenvalue weighted by Gasteiger charge is -2.13. The van der Waals surface area contributed by atoms with E-state index in [9.17, 15) is 4.79 Å². The van der Waals surface area contributed by atoms with Gasteiger partial charge in [0.05, 0.1) is 23.6 Å². The fourth-order valence-electron chi connectivity index (χ4n) is 2.46. The number of aromatic nitrogens is 2. The molecule has 2 amide bonds. The summed E-state index contributed by atoms with van der Waals surface area (Å²) in [7, 11) is 0. The number of hydrogen-bond acceptors (Lipinski definition) is 2. The summed E-state index contributed by atoms with van der Waals surface area (Å²) in [6, 6.07) is 8.24. The smallest absolute Gasteiger partial charge is 0.319 e. The molecule has 1 aromatic heterocycles. The first-order valence-corrected chi connectivity index (χ1v) is 8.08. The molecule has 1 atom stereocenters. The first-order valence-electron chi connectivity index (χ1n) is 8.08. The van der Waals surface area contributed by atoms with Crippen molar-refractivity contribution in [3.63, 3.8) is 0 Å².